The number of hydrogen-bond donors (Lipinski definition) is 1. The van der Waals surface area contributed by atoms with Crippen LogP contribution < -0.4 is 4.74 Å². The van der Waals surface area contributed by atoms with Gasteiger partial charge in [-0.3, -0.25) is 0 Å². The van der Waals surface area contributed by atoms with E-state index in [1.165, 1.54) is 13.4 Å². The van der Waals surface area contributed by atoms with Crippen LogP contribution in [0.1, 0.15) is 17.5 Å². The fourth-order valence-corrected chi connectivity index (χ4v) is 2.07. The molecule has 2 heterocycles. The number of aliphatic hydroxyl groups excluding tert-OH is 1. The summed E-state index contributed by atoms with van der Waals surface area (Å²) in [6, 6.07) is 13.0. The van der Waals surface area contributed by atoms with Crippen molar-refractivity contribution in [3.63, 3.8) is 0 Å². The highest BCUT2D eigenvalue weighted by Gasteiger charge is 2.18. The average molecular weight is 282 g/mol. The zero-order valence-corrected chi connectivity index (χ0v) is 11.4. The second-order valence-corrected chi connectivity index (χ2v) is 4.39. The molecule has 106 valence electrons. The zero-order chi connectivity index (χ0) is 14.7. The summed E-state index contributed by atoms with van der Waals surface area (Å²) in [6.07, 6.45) is 2.09. The van der Waals surface area contributed by atoms with Gasteiger partial charge in [0.1, 0.15) is 12.4 Å². The van der Waals surface area contributed by atoms with Crippen molar-refractivity contribution in [2.45, 2.75) is 6.10 Å². The molecule has 3 aromatic rings. The SMILES string of the molecule is COc1cc(C(O)c2ccnn2-c2ccccc2)ncn1. The zero-order valence-electron chi connectivity index (χ0n) is 11.4. The number of aromatic nitrogens is 4. The van der Waals surface area contributed by atoms with Crippen molar-refractivity contribution < 1.29 is 9.84 Å². The summed E-state index contributed by atoms with van der Waals surface area (Å²) < 4.78 is 6.73. The van der Waals surface area contributed by atoms with E-state index in [-0.39, 0.29) is 0 Å². The van der Waals surface area contributed by atoms with Crippen LogP contribution in [0.15, 0.2) is 55.0 Å². The number of nitrogens with zero attached hydrogens (tertiary/aromatic N) is 4. The predicted molar refractivity (Wildman–Crippen MR) is 76.2 cm³/mol. The Morgan fingerprint density at radius 2 is 1.95 bits per heavy atom. The summed E-state index contributed by atoms with van der Waals surface area (Å²) in [5, 5.41) is 14.8. The third-order valence-electron chi connectivity index (χ3n) is 3.11. The monoisotopic (exact) mass is 282 g/mol. The van der Waals surface area contributed by atoms with Crippen LogP contribution in [0, 0.1) is 0 Å². The molecule has 0 aliphatic carbocycles. The molecule has 3 rings (SSSR count). The molecule has 0 saturated heterocycles. The van der Waals surface area contributed by atoms with Gasteiger partial charge in [0.25, 0.3) is 0 Å². The first kappa shape index (κ1) is 13.3. The van der Waals surface area contributed by atoms with Gasteiger partial charge in [0.15, 0.2) is 0 Å². The summed E-state index contributed by atoms with van der Waals surface area (Å²) in [6.45, 7) is 0. The number of hydrogen-bond acceptors (Lipinski definition) is 5. The van der Waals surface area contributed by atoms with Gasteiger partial charge >= 0.3 is 0 Å². The molecular formula is C15H14N4O2. The second-order valence-electron chi connectivity index (χ2n) is 4.39. The Balaban J connectivity index is 1.99. The molecule has 0 radical (unpaired) electrons. The summed E-state index contributed by atoms with van der Waals surface area (Å²) in [4.78, 5) is 8.03. The van der Waals surface area contributed by atoms with Crippen molar-refractivity contribution in [2.75, 3.05) is 7.11 Å². The number of benzene rings is 1. The molecule has 0 saturated carbocycles. The number of ether oxygens (including phenoxy) is 1. The fourth-order valence-electron chi connectivity index (χ4n) is 2.07. The molecular weight excluding hydrogens is 268 g/mol. The van der Waals surface area contributed by atoms with Crippen LogP contribution in [0.25, 0.3) is 5.69 Å². The van der Waals surface area contributed by atoms with Crippen LogP contribution in [-0.4, -0.2) is 32.0 Å². The molecule has 6 nitrogen and oxygen atoms in total. The van der Waals surface area contributed by atoms with E-state index >= 15 is 0 Å². The lowest BCUT2D eigenvalue weighted by atomic mass is 10.1. The molecule has 0 spiro atoms. The first-order valence-electron chi connectivity index (χ1n) is 6.43. The number of rotatable bonds is 4. The van der Waals surface area contributed by atoms with E-state index in [1.54, 1.807) is 23.0 Å². The maximum atomic E-state index is 10.5. The number of para-hydroxylation sites is 1. The number of methoxy groups -OCH3 is 1. The molecule has 1 unspecified atom stereocenters. The maximum Gasteiger partial charge on any atom is 0.216 e. The maximum absolute atomic E-state index is 10.5. The molecule has 0 amide bonds. The van der Waals surface area contributed by atoms with Crippen molar-refractivity contribution in [3.05, 3.63) is 66.4 Å². The lowest BCUT2D eigenvalue weighted by molar-refractivity contribution is 0.206. The predicted octanol–water partition coefficient (Wildman–Crippen LogP) is 1.75. The van der Waals surface area contributed by atoms with Crippen LogP contribution in [0.2, 0.25) is 0 Å². The lowest BCUT2D eigenvalue weighted by Gasteiger charge is -2.13. The molecule has 6 heteroatoms. The van der Waals surface area contributed by atoms with E-state index < -0.39 is 6.10 Å². The van der Waals surface area contributed by atoms with E-state index in [4.69, 9.17) is 4.74 Å². The fraction of sp³-hybridized carbons (Fsp3) is 0.133. The second kappa shape index (κ2) is 5.72. The Labute approximate surface area is 121 Å². The first-order chi connectivity index (χ1) is 10.3. The van der Waals surface area contributed by atoms with Gasteiger partial charge in [-0.05, 0) is 18.2 Å². The Hall–Kier alpha value is -2.73. The summed E-state index contributed by atoms with van der Waals surface area (Å²) in [5.74, 6) is 0.407. The molecule has 0 bridgehead atoms. The van der Waals surface area contributed by atoms with Gasteiger partial charge in [0, 0.05) is 12.3 Å². The van der Waals surface area contributed by atoms with Crippen molar-refractivity contribution in [2.24, 2.45) is 0 Å². The van der Waals surface area contributed by atoms with Crippen molar-refractivity contribution in [1.82, 2.24) is 19.7 Å². The quantitative estimate of drug-likeness (QED) is 0.789. The Morgan fingerprint density at radius 3 is 2.71 bits per heavy atom. The van der Waals surface area contributed by atoms with Gasteiger partial charge in [0.2, 0.25) is 5.88 Å². The molecule has 1 atom stereocenters. The highest BCUT2D eigenvalue weighted by atomic mass is 16.5. The highest BCUT2D eigenvalue weighted by molar-refractivity contribution is 5.34. The van der Waals surface area contributed by atoms with Crippen molar-refractivity contribution in [1.29, 1.82) is 0 Å². The molecule has 0 fully saturated rings. The van der Waals surface area contributed by atoms with E-state index in [2.05, 4.69) is 15.1 Å². The minimum absolute atomic E-state index is 0.407. The average Bonchev–Trinajstić information content (AvgIpc) is 3.04. The van der Waals surface area contributed by atoms with Crippen LogP contribution >= 0.6 is 0 Å². The highest BCUT2D eigenvalue weighted by Crippen LogP contribution is 2.23. The van der Waals surface area contributed by atoms with Crippen LogP contribution in [0.5, 0.6) is 5.88 Å². The minimum Gasteiger partial charge on any atom is -0.481 e. The normalized spacial score (nSPS) is 12.1. The van der Waals surface area contributed by atoms with Crippen LogP contribution in [-0.2, 0) is 0 Å². The minimum atomic E-state index is -0.912. The van der Waals surface area contributed by atoms with Gasteiger partial charge in [-0.2, -0.15) is 5.10 Å². The molecule has 2 aromatic heterocycles. The van der Waals surface area contributed by atoms with Crippen molar-refractivity contribution in [3.8, 4) is 11.6 Å². The van der Waals surface area contributed by atoms with Crippen molar-refractivity contribution >= 4 is 0 Å². The van der Waals surface area contributed by atoms with Crippen LogP contribution in [0.4, 0.5) is 0 Å². The summed E-state index contributed by atoms with van der Waals surface area (Å²) in [5.41, 5.74) is 1.96. The van der Waals surface area contributed by atoms with Gasteiger partial charge in [-0.25, -0.2) is 14.6 Å². The van der Waals surface area contributed by atoms with Gasteiger partial charge in [-0.15, -0.1) is 0 Å². The molecule has 21 heavy (non-hydrogen) atoms. The van der Waals surface area contributed by atoms with Gasteiger partial charge < -0.3 is 9.84 Å². The number of aliphatic hydroxyl groups is 1. The summed E-state index contributed by atoms with van der Waals surface area (Å²) in [7, 11) is 1.52. The Kier molecular flexibility index (Phi) is 3.61. The van der Waals surface area contributed by atoms with Crippen LogP contribution in [0.3, 0.4) is 0 Å². The Morgan fingerprint density at radius 1 is 1.14 bits per heavy atom. The van der Waals surface area contributed by atoms with E-state index in [0.717, 1.165) is 5.69 Å². The van der Waals surface area contributed by atoms with E-state index in [9.17, 15) is 5.11 Å². The van der Waals surface area contributed by atoms with E-state index in [1.807, 2.05) is 30.3 Å². The Bertz CT molecular complexity index is 727. The molecule has 1 aromatic carbocycles. The lowest BCUT2D eigenvalue weighted by Crippen LogP contribution is -2.10. The van der Waals surface area contributed by atoms with Gasteiger partial charge in [-0.1, -0.05) is 18.2 Å². The smallest absolute Gasteiger partial charge is 0.216 e. The third kappa shape index (κ3) is 2.61. The van der Waals surface area contributed by atoms with E-state index in [0.29, 0.717) is 17.3 Å². The molecule has 0 aliphatic rings. The standard InChI is InChI=1S/C15H14N4O2/c1-21-14-9-12(16-10-17-14)15(20)13-7-8-18-19(13)11-5-3-2-4-6-11/h2-10,15,20H,1H3. The summed E-state index contributed by atoms with van der Waals surface area (Å²) >= 11 is 0. The molecule has 1 N–H and O–H groups in total. The first-order valence-corrected chi connectivity index (χ1v) is 6.43. The largest absolute Gasteiger partial charge is 0.481 e. The van der Waals surface area contributed by atoms with Gasteiger partial charge in [0.05, 0.1) is 24.2 Å². The topological polar surface area (TPSA) is 73.1 Å². The molecule has 0 aliphatic heterocycles. The third-order valence-corrected chi connectivity index (χ3v) is 3.11.